The second-order valence-corrected chi connectivity index (χ2v) is 0. The highest BCUT2D eigenvalue weighted by atomic mass is 31.0. The van der Waals surface area contributed by atoms with Gasteiger partial charge in [-0.25, -0.2) is 0 Å². The van der Waals surface area contributed by atoms with Gasteiger partial charge in [0.1, 0.15) is 0 Å². The average Bonchev–Trinajstić information content (AvgIpc) is 0. The van der Waals surface area contributed by atoms with Gasteiger partial charge in [-0.3, -0.25) is 0 Å². The summed E-state index contributed by atoms with van der Waals surface area (Å²) in [7, 11) is 0. The summed E-state index contributed by atoms with van der Waals surface area (Å²) in [6.07, 6.45) is 0. The number of hydrogen-bond donors (Lipinski definition) is 0. The van der Waals surface area contributed by atoms with Gasteiger partial charge < -0.3 is 0 Å². The Bertz CT molecular complexity index is 0. The lowest BCUT2D eigenvalue weighted by atomic mass is 31.0. The zero-order chi connectivity index (χ0) is 0. The van der Waals surface area contributed by atoms with Gasteiger partial charge >= 0.3 is 0 Å². The molecule has 0 aromatic heterocycles. The zero-order valence-electron chi connectivity index (χ0n) is 2.05. The molecule has 0 bridgehead atoms. The fraction of sp³-hybridized carbons (Fsp3) is 0. The minimum atomic E-state index is 0. The summed E-state index contributed by atoms with van der Waals surface area (Å²) >= 11 is 0. The van der Waals surface area contributed by atoms with Crippen LogP contribution in [0.25, 0.3) is 0 Å². The summed E-state index contributed by atoms with van der Waals surface area (Å²) in [4.78, 5) is 0. The van der Waals surface area contributed by atoms with Crippen LogP contribution in [0.2, 0.25) is 0 Å². The summed E-state index contributed by atoms with van der Waals surface area (Å²) in [5, 5.41) is 0. The molecule has 0 spiro atoms. The van der Waals surface area contributed by atoms with Gasteiger partial charge in [-0.2, -0.15) is 9.90 Å². The monoisotopic (exact) mass is 127 g/mol. The third-order valence-electron chi connectivity index (χ3n) is 0. The highest BCUT2D eigenvalue weighted by Crippen LogP contribution is 0.864. The van der Waals surface area contributed by atoms with Crippen molar-refractivity contribution in [3.8, 4) is 0 Å². The van der Waals surface area contributed by atoms with Crippen molar-refractivity contribution in [2.24, 2.45) is 0 Å². The van der Waals surface area contributed by atoms with E-state index >= 15 is 0 Å². The van der Waals surface area contributed by atoms with Gasteiger partial charge in [0, 0.05) is 29.7 Å². The van der Waals surface area contributed by atoms with Crippen molar-refractivity contribution in [3.05, 3.63) is 0 Å². The Morgan fingerprint density at radius 2 is 0.500 bits per heavy atom. The highest BCUT2D eigenvalue weighted by molar-refractivity contribution is 6.92. The summed E-state index contributed by atoms with van der Waals surface area (Å²) < 4.78 is 0. The Labute approximate surface area is 40.4 Å². The van der Waals surface area contributed by atoms with E-state index in [2.05, 4.69) is 0 Å². The molecule has 1 atom stereocenters. The third kappa shape index (κ3) is 9.30. The molecule has 9 radical (unpaired) electrons. The molecule has 4 heavy (non-hydrogen) atoms. The van der Waals surface area contributed by atoms with Crippen molar-refractivity contribution in [1.82, 2.24) is 0 Å². The SMILES string of the molecule is P.[P].[P].[P]. The van der Waals surface area contributed by atoms with E-state index in [4.69, 9.17) is 0 Å². The molecule has 0 rings (SSSR count). The summed E-state index contributed by atoms with van der Waals surface area (Å²) in [5.74, 6) is 0. The normalized spacial score (nSPS) is 0. The molecule has 4 heteroatoms. The largest absolute Gasteiger partial charge is 0.153 e. The molecule has 0 aromatic carbocycles. The summed E-state index contributed by atoms with van der Waals surface area (Å²) in [6, 6.07) is 0. The van der Waals surface area contributed by atoms with Gasteiger partial charge in [-0.15, -0.1) is 0 Å². The minimum Gasteiger partial charge on any atom is -0.153 e. The minimum absolute atomic E-state index is 0. The van der Waals surface area contributed by atoms with Crippen LogP contribution < -0.4 is 0 Å². The van der Waals surface area contributed by atoms with E-state index in [9.17, 15) is 0 Å². The van der Waals surface area contributed by atoms with Gasteiger partial charge in [-0.05, 0) is 0 Å². The van der Waals surface area contributed by atoms with Crippen LogP contribution in [0.1, 0.15) is 0 Å². The number of rotatable bonds is 0. The van der Waals surface area contributed by atoms with Crippen LogP contribution in [0, 0.1) is 0 Å². The Morgan fingerprint density at radius 1 is 0.500 bits per heavy atom. The molecule has 1 unspecified atom stereocenters. The summed E-state index contributed by atoms with van der Waals surface area (Å²) in [6.45, 7) is 0. The van der Waals surface area contributed by atoms with Crippen molar-refractivity contribution in [2.45, 2.75) is 0 Å². The molecule has 0 amide bonds. The van der Waals surface area contributed by atoms with Crippen molar-refractivity contribution >= 4 is 39.6 Å². The van der Waals surface area contributed by atoms with E-state index in [1.54, 1.807) is 0 Å². The second kappa shape index (κ2) is 22.1. The Kier molecular flexibility index (Phi) is 238. The predicted molar refractivity (Wildman–Crippen MR) is 31.9 cm³/mol. The first kappa shape index (κ1) is 43.1. The quantitative estimate of drug-likeness (QED) is 0.438. The predicted octanol–water partition coefficient (Wildman–Crippen LogP) is 2.64. The molecule has 0 heterocycles. The second-order valence-electron chi connectivity index (χ2n) is 0. The molecular weight excluding hydrogens is 124 g/mol. The van der Waals surface area contributed by atoms with E-state index in [0.717, 1.165) is 0 Å². The molecule has 0 saturated carbocycles. The van der Waals surface area contributed by atoms with Crippen molar-refractivity contribution in [3.63, 3.8) is 0 Å². The van der Waals surface area contributed by atoms with Crippen LogP contribution in [-0.2, 0) is 0 Å². The third-order valence-corrected chi connectivity index (χ3v) is 0. The molecule has 0 fully saturated rings. The molecule has 0 aliphatic rings. The Balaban J connectivity index is 0. The maximum atomic E-state index is 0. The summed E-state index contributed by atoms with van der Waals surface area (Å²) in [5.41, 5.74) is 0. The first-order chi connectivity index (χ1) is 0. The van der Waals surface area contributed by atoms with Crippen molar-refractivity contribution in [1.29, 1.82) is 0 Å². The Morgan fingerprint density at radius 3 is 0.500 bits per heavy atom. The van der Waals surface area contributed by atoms with Crippen LogP contribution in [-0.4, -0.2) is 0 Å². The topological polar surface area (TPSA) is 0 Å². The van der Waals surface area contributed by atoms with Crippen LogP contribution in [0.4, 0.5) is 0 Å². The highest BCUT2D eigenvalue weighted by Gasteiger charge is 0.00202. The van der Waals surface area contributed by atoms with Crippen LogP contribution in [0.15, 0.2) is 0 Å². The van der Waals surface area contributed by atoms with Gasteiger partial charge in [0.2, 0.25) is 0 Å². The first-order valence-electron chi connectivity index (χ1n) is 0. The molecule has 0 aliphatic heterocycles. The molecule has 0 nitrogen and oxygen atoms in total. The van der Waals surface area contributed by atoms with E-state index in [0.29, 0.717) is 0 Å². The first-order valence-corrected chi connectivity index (χ1v) is 0. The van der Waals surface area contributed by atoms with Crippen LogP contribution in [0.5, 0.6) is 0 Å². The fourth-order valence-electron chi connectivity index (χ4n) is 0. The standard InChI is InChI=1S/H3P.3P/h1H3;;;. The van der Waals surface area contributed by atoms with Crippen LogP contribution in [0.3, 0.4) is 0 Å². The smallest absolute Gasteiger partial charge is 0 e. The van der Waals surface area contributed by atoms with Gasteiger partial charge in [0.25, 0.3) is 0 Å². The van der Waals surface area contributed by atoms with Gasteiger partial charge in [-0.1, -0.05) is 0 Å². The van der Waals surface area contributed by atoms with Gasteiger partial charge in [0.15, 0.2) is 0 Å². The molecule has 0 saturated heterocycles. The zero-order valence-corrected chi connectivity index (χ0v) is 6.15. The molecule has 23 valence electrons. The lowest BCUT2D eigenvalue weighted by Gasteiger charge is -0.153. The van der Waals surface area contributed by atoms with Crippen LogP contribution >= 0.6 is 39.6 Å². The molecule has 0 aliphatic carbocycles. The van der Waals surface area contributed by atoms with E-state index in [1.165, 1.54) is 0 Å². The Hall–Kier alpha value is 1.72. The van der Waals surface area contributed by atoms with E-state index < -0.39 is 0 Å². The van der Waals surface area contributed by atoms with Crippen molar-refractivity contribution < 1.29 is 0 Å². The molecular formula is H3P4. The lowest BCUT2D eigenvalue weighted by molar-refractivity contribution is 6.92. The maximum absolute atomic E-state index is 0. The van der Waals surface area contributed by atoms with Crippen molar-refractivity contribution in [2.75, 3.05) is 0 Å². The van der Waals surface area contributed by atoms with E-state index in [1.807, 2.05) is 0 Å². The number of hydrogen-bond acceptors (Lipinski definition) is 0. The molecule has 0 N–H and O–H groups in total. The van der Waals surface area contributed by atoms with E-state index in [-0.39, 0.29) is 39.6 Å². The maximum Gasteiger partial charge on any atom is 0 e. The average molecular weight is 127 g/mol. The lowest BCUT2D eigenvalue weighted by Crippen LogP contribution is 0.860. The van der Waals surface area contributed by atoms with Gasteiger partial charge in [0.05, 0.1) is 0 Å². The fourth-order valence-corrected chi connectivity index (χ4v) is 0. The molecule has 0 aromatic rings.